The first kappa shape index (κ1) is 11.6. The fraction of sp³-hybridized carbons (Fsp3) is 0.133. The fourth-order valence-corrected chi connectivity index (χ4v) is 2.12. The van der Waals surface area contributed by atoms with Crippen LogP contribution in [0.15, 0.2) is 24.3 Å². The van der Waals surface area contributed by atoms with E-state index in [1.54, 1.807) is 12.1 Å². The maximum Gasteiger partial charge on any atom is 0.101 e. The third kappa shape index (κ3) is 1.58. The maximum absolute atomic E-state index is 9.22. The van der Waals surface area contributed by atoms with E-state index in [1.807, 2.05) is 31.2 Å². The molecule has 0 spiro atoms. The van der Waals surface area contributed by atoms with Crippen molar-refractivity contribution >= 4 is 10.8 Å². The molecule has 0 aromatic heterocycles. The molecule has 0 saturated carbocycles. The monoisotopic (exact) mass is 231 g/mol. The Kier molecular flexibility index (Phi) is 2.96. The summed E-state index contributed by atoms with van der Waals surface area (Å²) in [7, 11) is 0. The van der Waals surface area contributed by atoms with Crippen LogP contribution in [0.3, 0.4) is 0 Å². The molecule has 0 N–H and O–H groups in total. The lowest BCUT2D eigenvalue weighted by Crippen LogP contribution is -1.93. The van der Waals surface area contributed by atoms with E-state index in [4.69, 9.17) is 10.5 Å². The first-order chi connectivity index (χ1) is 8.76. The van der Waals surface area contributed by atoms with Gasteiger partial charge in [-0.2, -0.15) is 15.8 Å². The molecule has 2 aromatic carbocycles. The fourth-order valence-electron chi connectivity index (χ4n) is 2.12. The Hall–Kier alpha value is -2.83. The summed E-state index contributed by atoms with van der Waals surface area (Å²) in [6.45, 7) is 2.02. The van der Waals surface area contributed by atoms with Crippen LogP contribution in [0.1, 0.15) is 29.2 Å². The molecule has 3 heteroatoms. The topological polar surface area (TPSA) is 71.4 Å². The minimum atomic E-state index is 0.293. The van der Waals surface area contributed by atoms with Crippen LogP contribution in [0.5, 0.6) is 0 Å². The second-order valence-corrected chi connectivity index (χ2v) is 3.87. The number of aryl methyl sites for hydroxylation is 1. The molecule has 0 aliphatic carbocycles. The second-order valence-electron chi connectivity index (χ2n) is 3.87. The Morgan fingerprint density at radius 2 is 1.56 bits per heavy atom. The summed E-state index contributed by atoms with van der Waals surface area (Å²) in [5, 5.41) is 28.9. The highest BCUT2D eigenvalue weighted by molar-refractivity contribution is 5.96. The Balaban J connectivity index is 3.06. The van der Waals surface area contributed by atoms with Crippen molar-refractivity contribution < 1.29 is 0 Å². The van der Waals surface area contributed by atoms with E-state index < -0.39 is 0 Å². The average Bonchev–Trinajstić information content (AvgIpc) is 2.44. The minimum absolute atomic E-state index is 0.293. The highest BCUT2D eigenvalue weighted by Crippen LogP contribution is 2.28. The number of rotatable bonds is 1. The first-order valence-corrected chi connectivity index (χ1v) is 5.55. The van der Waals surface area contributed by atoms with Crippen molar-refractivity contribution in [3.63, 3.8) is 0 Å². The summed E-state index contributed by atoms with van der Waals surface area (Å²) in [6, 6.07) is 13.2. The summed E-state index contributed by atoms with van der Waals surface area (Å²) in [5.41, 5.74) is 2.12. The zero-order valence-electron chi connectivity index (χ0n) is 9.86. The molecule has 18 heavy (non-hydrogen) atoms. The van der Waals surface area contributed by atoms with Crippen LogP contribution in [-0.2, 0) is 6.42 Å². The van der Waals surface area contributed by atoms with Crippen molar-refractivity contribution in [1.29, 1.82) is 15.8 Å². The van der Waals surface area contributed by atoms with Gasteiger partial charge in [0.05, 0.1) is 22.8 Å². The number of fused-ring (bicyclic) bond motifs is 1. The van der Waals surface area contributed by atoms with Crippen LogP contribution in [-0.4, -0.2) is 0 Å². The molecule has 0 atom stereocenters. The molecule has 0 amide bonds. The van der Waals surface area contributed by atoms with E-state index in [0.29, 0.717) is 22.1 Å². The van der Waals surface area contributed by atoms with E-state index in [2.05, 4.69) is 6.07 Å². The minimum Gasteiger partial charge on any atom is -0.192 e. The summed E-state index contributed by atoms with van der Waals surface area (Å²) < 4.78 is 0. The molecule has 0 unspecified atom stereocenters. The van der Waals surface area contributed by atoms with Crippen molar-refractivity contribution in [3.8, 4) is 18.2 Å². The lowest BCUT2D eigenvalue weighted by atomic mass is 9.92. The third-order valence-corrected chi connectivity index (χ3v) is 3.01. The van der Waals surface area contributed by atoms with Crippen LogP contribution < -0.4 is 0 Å². The summed E-state index contributed by atoms with van der Waals surface area (Å²) in [5.74, 6) is 0. The number of nitriles is 3. The van der Waals surface area contributed by atoms with Crippen molar-refractivity contribution in [2.75, 3.05) is 0 Å². The van der Waals surface area contributed by atoms with Gasteiger partial charge in [0.15, 0.2) is 0 Å². The summed E-state index contributed by atoms with van der Waals surface area (Å²) in [6.07, 6.45) is 0.818. The highest BCUT2D eigenvalue weighted by Gasteiger charge is 2.13. The van der Waals surface area contributed by atoms with Gasteiger partial charge >= 0.3 is 0 Å². The number of nitrogens with zero attached hydrogens (tertiary/aromatic N) is 3. The van der Waals surface area contributed by atoms with Crippen molar-refractivity contribution in [2.24, 2.45) is 0 Å². The molecule has 0 fully saturated rings. The van der Waals surface area contributed by atoms with Gasteiger partial charge in [0.2, 0.25) is 0 Å². The van der Waals surface area contributed by atoms with E-state index in [-0.39, 0.29) is 0 Å². The highest BCUT2D eigenvalue weighted by atomic mass is 14.3. The van der Waals surface area contributed by atoms with E-state index in [0.717, 1.165) is 17.4 Å². The van der Waals surface area contributed by atoms with E-state index in [9.17, 15) is 5.26 Å². The van der Waals surface area contributed by atoms with Gasteiger partial charge < -0.3 is 0 Å². The largest absolute Gasteiger partial charge is 0.192 e. The molecule has 0 saturated heterocycles. The van der Waals surface area contributed by atoms with Crippen molar-refractivity contribution in [1.82, 2.24) is 0 Å². The van der Waals surface area contributed by atoms with Crippen LogP contribution >= 0.6 is 0 Å². The Labute approximate surface area is 105 Å². The van der Waals surface area contributed by atoms with E-state index >= 15 is 0 Å². The lowest BCUT2D eigenvalue weighted by molar-refractivity contribution is 1.16. The quantitative estimate of drug-likeness (QED) is 0.757. The predicted octanol–water partition coefficient (Wildman–Crippen LogP) is 3.02. The van der Waals surface area contributed by atoms with Crippen molar-refractivity contribution in [3.05, 3.63) is 46.5 Å². The average molecular weight is 231 g/mol. The zero-order chi connectivity index (χ0) is 13.1. The molecule has 0 aliphatic heterocycles. The Bertz CT molecular complexity index is 752. The molecule has 0 radical (unpaired) electrons. The predicted molar refractivity (Wildman–Crippen MR) is 67.5 cm³/mol. The van der Waals surface area contributed by atoms with Gasteiger partial charge in [-0.3, -0.25) is 0 Å². The van der Waals surface area contributed by atoms with Gasteiger partial charge in [0, 0.05) is 5.39 Å². The summed E-state index contributed by atoms with van der Waals surface area (Å²) in [4.78, 5) is 0. The molecular formula is C15H9N3. The van der Waals surface area contributed by atoms with Gasteiger partial charge in [-0.15, -0.1) is 0 Å². The van der Waals surface area contributed by atoms with Crippen LogP contribution in [0.25, 0.3) is 10.8 Å². The van der Waals surface area contributed by atoms with Crippen LogP contribution in [0.2, 0.25) is 0 Å². The third-order valence-electron chi connectivity index (χ3n) is 3.01. The van der Waals surface area contributed by atoms with Crippen LogP contribution in [0, 0.1) is 34.0 Å². The molecular weight excluding hydrogens is 222 g/mol. The smallest absolute Gasteiger partial charge is 0.101 e. The maximum atomic E-state index is 9.22. The standard InChI is InChI=1S/C15H9N3/c1-2-10-3-4-12(8-17)15-13(10)6-5-11(7-16)14(15)9-18/h3-6H,2H2,1H3. The van der Waals surface area contributed by atoms with Gasteiger partial charge in [0.1, 0.15) is 12.1 Å². The number of hydrogen-bond acceptors (Lipinski definition) is 3. The molecule has 84 valence electrons. The molecule has 3 nitrogen and oxygen atoms in total. The molecule has 2 aromatic rings. The number of hydrogen-bond donors (Lipinski definition) is 0. The van der Waals surface area contributed by atoms with E-state index in [1.165, 1.54) is 0 Å². The van der Waals surface area contributed by atoms with Gasteiger partial charge in [-0.1, -0.05) is 19.1 Å². The Morgan fingerprint density at radius 1 is 0.889 bits per heavy atom. The normalized spacial score (nSPS) is 9.44. The molecule has 0 bridgehead atoms. The second kappa shape index (κ2) is 4.58. The van der Waals surface area contributed by atoms with Crippen molar-refractivity contribution in [2.45, 2.75) is 13.3 Å². The Morgan fingerprint density at radius 3 is 2.11 bits per heavy atom. The zero-order valence-corrected chi connectivity index (χ0v) is 9.86. The molecule has 0 heterocycles. The number of benzene rings is 2. The SMILES string of the molecule is CCc1ccc(C#N)c2c(C#N)c(C#N)ccc12. The van der Waals surface area contributed by atoms with Gasteiger partial charge in [-0.05, 0) is 29.5 Å². The molecule has 0 aliphatic rings. The molecule has 2 rings (SSSR count). The summed E-state index contributed by atoms with van der Waals surface area (Å²) >= 11 is 0. The van der Waals surface area contributed by atoms with Crippen LogP contribution in [0.4, 0.5) is 0 Å². The van der Waals surface area contributed by atoms with Gasteiger partial charge in [-0.25, -0.2) is 0 Å². The lowest BCUT2D eigenvalue weighted by Gasteiger charge is -2.08. The van der Waals surface area contributed by atoms with Gasteiger partial charge in [0.25, 0.3) is 0 Å². The first-order valence-electron chi connectivity index (χ1n) is 5.55.